The Kier molecular flexibility index (Phi) is 3.74. The van der Waals surface area contributed by atoms with Gasteiger partial charge in [0.1, 0.15) is 5.75 Å². The summed E-state index contributed by atoms with van der Waals surface area (Å²) in [5.74, 6) is -1.62. The summed E-state index contributed by atoms with van der Waals surface area (Å²) in [5, 5.41) is 21.4. The van der Waals surface area contributed by atoms with Crippen LogP contribution < -0.4 is 34.7 Å². The van der Waals surface area contributed by atoms with Crippen LogP contribution in [-0.4, -0.2) is 11.1 Å². The van der Waals surface area contributed by atoms with Crippen molar-refractivity contribution in [3.63, 3.8) is 0 Å². The molecule has 0 bridgehead atoms. The van der Waals surface area contributed by atoms with E-state index in [1.54, 1.807) is 30.3 Å². The molecule has 0 aliphatic carbocycles. The van der Waals surface area contributed by atoms with E-state index in [0.29, 0.717) is 5.39 Å². The van der Waals surface area contributed by atoms with Gasteiger partial charge in [0.25, 0.3) is 0 Å². The molecule has 0 heterocycles. The first-order valence-electron chi connectivity index (χ1n) is 4.12. The Hall–Kier alpha value is -1.03. The summed E-state index contributed by atoms with van der Waals surface area (Å²) in [4.78, 5) is 10.8. The van der Waals surface area contributed by atoms with Crippen LogP contribution in [-0.2, 0) is 0 Å². The zero-order valence-electron chi connectivity index (χ0n) is 8.23. The summed E-state index contributed by atoms with van der Waals surface area (Å²) in [5.41, 5.74) is -0.150. The van der Waals surface area contributed by atoms with Crippen LogP contribution in [0.2, 0.25) is 0 Å². The van der Waals surface area contributed by atoms with Gasteiger partial charge >= 0.3 is 29.6 Å². The molecule has 0 spiro atoms. The molecule has 0 aliphatic rings. The number of fused-ring (bicyclic) bond motifs is 1. The van der Waals surface area contributed by atoms with Gasteiger partial charge in [0.05, 0.1) is 5.97 Å². The topological polar surface area (TPSA) is 60.4 Å². The van der Waals surface area contributed by atoms with Gasteiger partial charge in [-0.3, -0.25) is 0 Å². The van der Waals surface area contributed by atoms with Crippen molar-refractivity contribution in [1.29, 1.82) is 0 Å². The van der Waals surface area contributed by atoms with Crippen LogP contribution in [0.5, 0.6) is 5.75 Å². The van der Waals surface area contributed by atoms with Gasteiger partial charge in [-0.2, -0.15) is 0 Å². The van der Waals surface area contributed by atoms with Crippen LogP contribution in [0.4, 0.5) is 0 Å². The number of hydrogen-bond donors (Lipinski definition) is 1. The number of carboxylic acid groups (broad SMARTS) is 1. The number of phenols is 1. The van der Waals surface area contributed by atoms with Crippen LogP contribution in [0.15, 0.2) is 36.4 Å². The number of benzene rings is 2. The smallest absolute Gasteiger partial charge is 0.545 e. The van der Waals surface area contributed by atoms with Gasteiger partial charge in [-0.25, -0.2) is 0 Å². The van der Waals surface area contributed by atoms with Gasteiger partial charge in [0.2, 0.25) is 0 Å². The fourth-order valence-electron chi connectivity index (χ4n) is 1.47. The summed E-state index contributed by atoms with van der Waals surface area (Å²) >= 11 is 0. The van der Waals surface area contributed by atoms with Gasteiger partial charge < -0.3 is 15.0 Å². The Bertz CT molecular complexity index is 508. The molecule has 4 heteroatoms. The van der Waals surface area contributed by atoms with Crippen molar-refractivity contribution >= 4 is 16.7 Å². The van der Waals surface area contributed by atoms with Crippen molar-refractivity contribution in [3.05, 3.63) is 42.0 Å². The molecular weight excluding hydrogens is 203 g/mol. The van der Waals surface area contributed by atoms with Crippen LogP contribution in [0, 0.1) is 0 Å². The number of aromatic hydroxyl groups is 1. The first-order valence-corrected chi connectivity index (χ1v) is 4.12. The number of carbonyl (C=O) groups excluding carboxylic acids is 1. The number of hydrogen-bond acceptors (Lipinski definition) is 3. The van der Waals surface area contributed by atoms with E-state index < -0.39 is 5.97 Å². The molecular formula is C11H7NaO3. The molecule has 15 heavy (non-hydrogen) atoms. The number of rotatable bonds is 1. The molecule has 0 fully saturated rings. The predicted molar refractivity (Wildman–Crippen MR) is 49.9 cm³/mol. The van der Waals surface area contributed by atoms with Crippen molar-refractivity contribution in [2.24, 2.45) is 0 Å². The number of aromatic carboxylic acids is 1. The maximum Gasteiger partial charge on any atom is 1.00 e. The molecule has 0 atom stereocenters. The third-order valence-electron chi connectivity index (χ3n) is 2.11. The number of carbonyl (C=O) groups is 1. The molecule has 0 saturated carbocycles. The Morgan fingerprint density at radius 2 is 1.80 bits per heavy atom. The Morgan fingerprint density at radius 1 is 1.13 bits per heavy atom. The van der Waals surface area contributed by atoms with Crippen LogP contribution in [0.1, 0.15) is 10.4 Å². The first-order chi connectivity index (χ1) is 6.70. The first kappa shape index (κ1) is 12.0. The molecule has 0 aliphatic heterocycles. The van der Waals surface area contributed by atoms with E-state index in [4.69, 9.17) is 0 Å². The standard InChI is InChI=1S/C11H8O3.Na/c12-9-6-5-7-3-1-2-4-8(7)10(9)11(13)14;/h1-6,12H,(H,13,14);/q;+1/p-1. The van der Waals surface area contributed by atoms with E-state index in [-0.39, 0.29) is 40.9 Å². The third kappa shape index (κ3) is 2.15. The molecule has 0 amide bonds. The Labute approximate surface area is 109 Å². The average Bonchev–Trinajstić information content (AvgIpc) is 2.17. The molecule has 0 radical (unpaired) electrons. The molecule has 0 aromatic heterocycles. The summed E-state index contributed by atoms with van der Waals surface area (Å²) in [6.07, 6.45) is 0. The largest absolute Gasteiger partial charge is 1.00 e. The maximum atomic E-state index is 10.8. The van der Waals surface area contributed by atoms with Crippen LogP contribution in [0.3, 0.4) is 0 Å². The SMILES string of the molecule is O=C([O-])c1c(O)ccc2ccccc12.[Na+]. The summed E-state index contributed by atoms with van der Waals surface area (Å²) < 4.78 is 0. The Balaban J connectivity index is 0.00000112. The average molecular weight is 210 g/mol. The zero-order valence-corrected chi connectivity index (χ0v) is 10.2. The fraction of sp³-hybridized carbons (Fsp3) is 0. The van der Waals surface area contributed by atoms with Crippen LogP contribution >= 0.6 is 0 Å². The second-order valence-electron chi connectivity index (χ2n) is 2.97. The maximum absolute atomic E-state index is 10.8. The molecule has 1 N–H and O–H groups in total. The van der Waals surface area contributed by atoms with Crippen molar-refractivity contribution < 1.29 is 44.6 Å². The molecule has 2 rings (SSSR count). The van der Waals surface area contributed by atoms with Gasteiger partial charge in [-0.15, -0.1) is 0 Å². The normalized spacial score (nSPS) is 9.60. The van der Waals surface area contributed by atoms with E-state index in [1.807, 2.05) is 0 Å². The van der Waals surface area contributed by atoms with Gasteiger partial charge in [-0.05, 0) is 16.8 Å². The minimum atomic E-state index is -1.36. The Morgan fingerprint density at radius 3 is 2.47 bits per heavy atom. The van der Waals surface area contributed by atoms with E-state index in [9.17, 15) is 15.0 Å². The summed E-state index contributed by atoms with van der Waals surface area (Å²) in [6, 6.07) is 9.96. The van der Waals surface area contributed by atoms with Gasteiger partial charge in [-0.1, -0.05) is 30.3 Å². The summed E-state index contributed by atoms with van der Waals surface area (Å²) in [7, 11) is 0. The van der Waals surface area contributed by atoms with Gasteiger partial charge in [0.15, 0.2) is 0 Å². The molecule has 2 aromatic rings. The summed E-state index contributed by atoms with van der Waals surface area (Å²) in [6.45, 7) is 0. The van der Waals surface area contributed by atoms with Crippen molar-refractivity contribution in [3.8, 4) is 5.75 Å². The van der Waals surface area contributed by atoms with E-state index in [2.05, 4.69) is 0 Å². The monoisotopic (exact) mass is 210 g/mol. The van der Waals surface area contributed by atoms with E-state index >= 15 is 0 Å². The van der Waals surface area contributed by atoms with Crippen LogP contribution in [0.25, 0.3) is 10.8 Å². The molecule has 3 nitrogen and oxygen atoms in total. The quantitative estimate of drug-likeness (QED) is 0.549. The fourth-order valence-corrected chi connectivity index (χ4v) is 1.47. The zero-order chi connectivity index (χ0) is 10.1. The molecule has 70 valence electrons. The predicted octanol–water partition coefficient (Wildman–Crippen LogP) is -2.09. The second-order valence-corrected chi connectivity index (χ2v) is 2.97. The third-order valence-corrected chi connectivity index (χ3v) is 2.11. The second kappa shape index (κ2) is 4.66. The molecule has 2 aromatic carbocycles. The molecule has 0 saturated heterocycles. The molecule has 0 unspecified atom stereocenters. The number of carboxylic acids is 1. The van der Waals surface area contributed by atoms with Gasteiger partial charge in [0, 0.05) is 5.56 Å². The van der Waals surface area contributed by atoms with Crippen molar-refractivity contribution in [1.82, 2.24) is 0 Å². The minimum Gasteiger partial charge on any atom is -0.545 e. The van der Waals surface area contributed by atoms with Crippen molar-refractivity contribution in [2.45, 2.75) is 0 Å². The minimum absolute atomic E-state index is 0. The van der Waals surface area contributed by atoms with Crippen molar-refractivity contribution in [2.75, 3.05) is 0 Å². The van der Waals surface area contributed by atoms with E-state index in [1.165, 1.54) is 6.07 Å². The van der Waals surface area contributed by atoms with E-state index in [0.717, 1.165) is 5.39 Å².